The number of rotatable bonds is 5. The molecule has 2 aromatic rings. The van der Waals surface area contributed by atoms with E-state index in [1.807, 2.05) is 6.07 Å². The fourth-order valence-corrected chi connectivity index (χ4v) is 2.48. The van der Waals surface area contributed by atoms with E-state index in [0.717, 1.165) is 5.56 Å². The first kappa shape index (κ1) is 19.9. The van der Waals surface area contributed by atoms with Crippen molar-refractivity contribution in [3.63, 3.8) is 0 Å². The summed E-state index contributed by atoms with van der Waals surface area (Å²) in [6, 6.07) is 11.7. The molecule has 2 amide bonds. The highest BCUT2D eigenvalue weighted by atomic mass is 79.9. The largest absolute Gasteiger partial charge is 0.503 e. The Kier molecular flexibility index (Phi) is 6.91. The summed E-state index contributed by atoms with van der Waals surface area (Å²) in [6.45, 7) is 0. The monoisotopic (exact) mass is 430 g/mol. The van der Waals surface area contributed by atoms with E-state index >= 15 is 0 Å². The topological polar surface area (TPSA) is 124 Å². The van der Waals surface area contributed by atoms with Gasteiger partial charge in [0.05, 0.1) is 30.3 Å². The quantitative estimate of drug-likeness (QED) is 0.381. The van der Waals surface area contributed by atoms with Gasteiger partial charge in [-0.3, -0.25) is 9.59 Å². The van der Waals surface area contributed by atoms with Gasteiger partial charge in [0.1, 0.15) is 0 Å². The number of carbonyl (C=O) groups is 2. The van der Waals surface area contributed by atoms with Crippen molar-refractivity contribution in [2.75, 3.05) is 12.4 Å². The fourth-order valence-electron chi connectivity index (χ4n) is 2.03. The van der Waals surface area contributed by atoms with Crippen LogP contribution in [-0.2, 0) is 16.0 Å². The zero-order valence-corrected chi connectivity index (χ0v) is 15.8. The third-order valence-corrected chi connectivity index (χ3v) is 3.96. The van der Waals surface area contributed by atoms with Crippen LogP contribution < -0.4 is 15.5 Å². The number of phenols is 1. The predicted molar refractivity (Wildman–Crippen MR) is 102 cm³/mol. The summed E-state index contributed by atoms with van der Waals surface area (Å²) >= 11 is 3.17. The number of halogens is 1. The highest BCUT2D eigenvalue weighted by molar-refractivity contribution is 9.10. The molecule has 0 heterocycles. The lowest BCUT2D eigenvalue weighted by Crippen LogP contribution is -2.32. The average Bonchev–Trinajstić information content (AvgIpc) is 2.66. The fraction of sp³-hybridized carbons (Fsp3) is 0.111. The van der Waals surface area contributed by atoms with Crippen LogP contribution in [0, 0.1) is 11.3 Å². The van der Waals surface area contributed by atoms with Crippen LogP contribution in [0.15, 0.2) is 46.0 Å². The lowest BCUT2D eigenvalue weighted by Gasteiger charge is -2.06. The second-order valence-electron chi connectivity index (χ2n) is 5.24. The number of anilines is 1. The Morgan fingerprint density at radius 1 is 1.30 bits per heavy atom. The Morgan fingerprint density at radius 3 is 2.63 bits per heavy atom. The van der Waals surface area contributed by atoms with Crippen molar-refractivity contribution in [1.29, 1.82) is 5.26 Å². The Morgan fingerprint density at radius 2 is 2.00 bits per heavy atom. The number of amides is 2. The van der Waals surface area contributed by atoms with Crippen LogP contribution >= 0.6 is 15.9 Å². The zero-order chi connectivity index (χ0) is 19.8. The molecule has 2 aromatic carbocycles. The Labute approximate surface area is 163 Å². The number of hydrogen-bond donors (Lipinski definition) is 3. The van der Waals surface area contributed by atoms with Gasteiger partial charge in [-0.1, -0.05) is 12.1 Å². The molecule has 0 atom stereocenters. The summed E-state index contributed by atoms with van der Waals surface area (Å²) in [4.78, 5) is 23.7. The minimum Gasteiger partial charge on any atom is -0.503 e. The molecule has 2 rings (SSSR count). The van der Waals surface area contributed by atoms with Crippen molar-refractivity contribution in [2.24, 2.45) is 5.10 Å². The van der Waals surface area contributed by atoms with Crippen molar-refractivity contribution in [3.05, 3.63) is 52.0 Å². The molecule has 0 spiro atoms. The number of hydrogen-bond acceptors (Lipinski definition) is 6. The summed E-state index contributed by atoms with van der Waals surface area (Å²) in [5, 5.41) is 24.5. The molecule has 0 aliphatic rings. The molecule has 138 valence electrons. The van der Waals surface area contributed by atoms with E-state index in [0.29, 0.717) is 15.7 Å². The van der Waals surface area contributed by atoms with E-state index in [9.17, 15) is 14.7 Å². The third-order valence-electron chi connectivity index (χ3n) is 3.35. The Bertz CT molecular complexity index is 920. The summed E-state index contributed by atoms with van der Waals surface area (Å²) in [7, 11) is 1.40. The molecular weight excluding hydrogens is 416 g/mol. The molecule has 9 heteroatoms. The molecule has 0 radical (unpaired) electrons. The van der Waals surface area contributed by atoms with Crippen LogP contribution in [0.25, 0.3) is 0 Å². The average molecular weight is 431 g/mol. The number of aromatic hydroxyl groups is 1. The molecule has 3 N–H and O–H groups in total. The maximum Gasteiger partial charge on any atom is 0.329 e. The smallest absolute Gasteiger partial charge is 0.329 e. The molecule has 0 fully saturated rings. The van der Waals surface area contributed by atoms with Crippen molar-refractivity contribution in [1.82, 2.24) is 5.43 Å². The Hall–Kier alpha value is -3.38. The van der Waals surface area contributed by atoms with Crippen molar-refractivity contribution >= 4 is 39.6 Å². The standard InChI is InChI=1S/C18H15BrN4O4/c1-27-15-9-12(8-14(19)16(15)24)10-21-23-18(26)17(25)22-13-4-2-11(3-5-13)6-7-20/h2-5,8-10,24H,6H2,1H3,(H,22,25)(H,23,26). The van der Waals surface area contributed by atoms with Gasteiger partial charge < -0.3 is 15.2 Å². The number of methoxy groups -OCH3 is 1. The highest BCUT2D eigenvalue weighted by Gasteiger charge is 2.13. The number of hydrazone groups is 1. The van der Waals surface area contributed by atoms with Gasteiger partial charge in [0.2, 0.25) is 0 Å². The van der Waals surface area contributed by atoms with Gasteiger partial charge in [-0.05, 0) is 51.3 Å². The second kappa shape index (κ2) is 9.35. The molecule has 0 aliphatic heterocycles. The number of nitriles is 1. The number of nitrogens with zero attached hydrogens (tertiary/aromatic N) is 2. The van der Waals surface area contributed by atoms with Crippen LogP contribution in [0.1, 0.15) is 11.1 Å². The van der Waals surface area contributed by atoms with Gasteiger partial charge in [-0.25, -0.2) is 5.43 Å². The van der Waals surface area contributed by atoms with Gasteiger partial charge in [-0.15, -0.1) is 0 Å². The van der Waals surface area contributed by atoms with E-state index < -0.39 is 11.8 Å². The number of nitrogens with one attached hydrogen (secondary N) is 2. The number of phenolic OH excluding ortho intramolecular Hbond substituents is 1. The summed E-state index contributed by atoms with van der Waals surface area (Å²) < 4.78 is 5.41. The maximum absolute atomic E-state index is 11.9. The molecular formula is C18H15BrN4O4. The minimum absolute atomic E-state index is 0.0566. The predicted octanol–water partition coefficient (Wildman–Crippen LogP) is 2.32. The van der Waals surface area contributed by atoms with E-state index in [1.165, 1.54) is 19.4 Å². The van der Waals surface area contributed by atoms with E-state index in [4.69, 9.17) is 10.00 Å². The van der Waals surface area contributed by atoms with Crippen LogP contribution in [0.4, 0.5) is 5.69 Å². The lowest BCUT2D eigenvalue weighted by atomic mass is 10.1. The number of carbonyl (C=O) groups excluding carboxylic acids is 2. The first-order chi connectivity index (χ1) is 12.9. The van der Waals surface area contributed by atoms with E-state index in [-0.39, 0.29) is 17.9 Å². The van der Waals surface area contributed by atoms with Gasteiger partial charge in [0, 0.05) is 5.69 Å². The number of ether oxygens (including phenoxy) is 1. The van der Waals surface area contributed by atoms with E-state index in [1.54, 1.807) is 30.3 Å². The SMILES string of the molecule is COc1cc(C=NNC(=O)C(=O)Nc2ccc(CC#N)cc2)cc(Br)c1O. The van der Waals surface area contributed by atoms with Crippen LogP contribution in [-0.4, -0.2) is 30.2 Å². The molecule has 0 bridgehead atoms. The summed E-state index contributed by atoms with van der Waals surface area (Å²) in [5.41, 5.74) is 3.87. The van der Waals surface area contributed by atoms with Crippen LogP contribution in [0.5, 0.6) is 11.5 Å². The van der Waals surface area contributed by atoms with Gasteiger partial charge >= 0.3 is 11.8 Å². The highest BCUT2D eigenvalue weighted by Crippen LogP contribution is 2.34. The molecule has 0 unspecified atom stereocenters. The maximum atomic E-state index is 11.9. The molecule has 0 aromatic heterocycles. The molecule has 0 saturated carbocycles. The molecule has 0 saturated heterocycles. The summed E-state index contributed by atoms with van der Waals surface area (Å²) in [6.07, 6.45) is 1.57. The zero-order valence-electron chi connectivity index (χ0n) is 14.2. The molecule has 27 heavy (non-hydrogen) atoms. The second-order valence-corrected chi connectivity index (χ2v) is 6.09. The Balaban J connectivity index is 1.95. The van der Waals surface area contributed by atoms with Crippen molar-refractivity contribution in [3.8, 4) is 17.6 Å². The normalized spacial score (nSPS) is 10.3. The van der Waals surface area contributed by atoms with Gasteiger partial charge in [-0.2, -0.15) is 10.4 Å². The van der Waals surface area contributed by atoms with Crippen molar-refractivity contribution < 1.29 is 19.4 Å². The van der Waals surface area contributed by atoms with Gasteiger partial charge in [0.15, 0.2) is 11.5 Å². The first-order valence-electron chi connectivity index (χ1n) is 7.61. The minimum atomic E-state index is -0.947. The summed E-state index contributed by atoms with van der Waals surface area (Å²) in [5.74, 6) is -1.66. The molecule has 0 aliphatic carbocycles. The van der Waals surface area contributed by atoms with Crippen molar-refractivity contribution in [2.45, 2.75) is 6.42 Å². The molecule has 8 nitrogen and oxygen atoms in total. The third kappa shape index (κ3) is 5.55. The van der Waals surface area contributed by atoms with Crippen LogP contribution in [0.3, 0.4) is 0 Å². The van der Waals surface area contributed by atoms with Gasteiger partial charge in [0.25, 0.3) is 0 Å². The van der Waals surface area contributed by atoms with Crippen LogP contribution in [0.2, 0.25) is 0 Å². The van der Waals surface area contributed by atoms with E-state index in [2.05, 4.69) is 31.8 Å². The first-order valence-corrected chi connectivity index (χ1v) is 8.40. The lowest BCUT2D eigenvalue weighted by molar-refractivity contribution is -0.136. The number of benzene rings is 2.